The van der Waals surface area contributed by atoms with E-state index in [1.807, 2.05) is 41.8 Å². The fourth-order valence-electron chi connectivity index (χ4n) is 3.33. The summed E-state index contributed by atoms with van der Waals surface area (Å²) in [5.74, 6) is -0.771. The summed E-state index contributed by atoms with van der Waals surface area (Å²) in [6.07, 6.45) is 3.50. The quantitative estimate of drug-likeness (QED) is 0.368. The number of carbonyl (C=O) groups is 2. The molecule has 7 nitrogen and oxygen atoms in total. The number of aliphatic hydroxyl groups is 1. The van der Waals surface area contributed by atoms with Crippen LogP contribution < -0.4 is 10.6 Å². The van der Waals surface area contributed by atoms with E-state index in [2.05, 4.69) is 20.6 Å². The van der Waals surface area contributed by atoms with Crippen molar-refractivity contribution in [3.05, 3.63) is 89.6 Å². The Bertz CT molecular complexity index is 1310. The van der Waals surface area contributed by atoms with Gasteiger partial charge in [0.05, 0.1) is 17.8 Å². The van der Waals surface area contributed by atoms with Crippen LogP contribution in [0.3, 0.4) is 0 Å². The Morgan fingerprint density at radius 2 is 1.71 bits per heavy atom. The van der Waals surface area contributed by atoms with Crippen molar-refractivity contribution < 1.29 is 14.7 Å². The summed E-state index contributed by atoms with van der Waals surface area (Å²) in [5, 5.41) is 17.8. The summed E-state index contributed by atoms with van der Waals surface area (Å²) in [6, 6.07) is 18.6. The van der Waals surface area contributed by atoms with Gasteiger partial charge in [-0.05, 0) is 60.9 Å². The zero-order valence-electron chi connectivity index (χ0n) is 18.8. The lowest BCUT2D eigenvalue weighted by molar-refractivity contribution is -0.115. The van der Waals surface area contributed by atoms with Crippen molar-refractivity contribution in [2.24, 2.45) is 0 Å². The van der Waals surface area contributed by atoms with Crippen LogP contribution in [-0.2, 0) is 10.4 Å². The van der Waals surface area contributed by atoms with Gasteiger partial charge in [0.1, 0.15) is 0 Å². The zero-order chi connectivity index (χ0) is 24.1. The lowest BCUT2D eigenvalue weighted by atomic mass is 9.96. The fourth-order valence-corrected chi connectivity index (χ4v) is 4.07. The van der Waals surface area contributed by atoms with Gasteiger partial charge in [0, 0.05) is 28.9 Å². The average Bonchev–Trinajstić information content (AvgIpc) is 3.31. The number of hydrogen-bond acceptors (Lipinski definition) is 6. The van der Waals surface area contributed by atoms with Crippen LogP contribution in [0.25, 0.3) is 22.4 Å². The van der Waals surface area contributed by atoms with Crippen molar-refractivity contribution in [1.29, 1.82) is 0 Å². The Balaban J connectivity index is 1.37. The van der Waals surface area contributed by atoms with Crippen LogP contribution in [0, 0.1) is 0 Å². The minimum atomic E-state index is -1.06. The molecule has 0 bridgehead atoms. The first-order chi connectivity index (χ1) is 16.3. The van der Waals surface area contributed by atoms with E-state index < -0.39 is 11.5 Å². The van der Waals surface area contributed by atoms with Crippen LogP contribution in [-0.4, -0.2) is 33.4 Å². The molecule has 8 heteroatoms. The van der Waals surface area contributed by atoms with Gasteiger partial charge in [0.25, 0.3) is 5.91 Å². The molecule has 2 heterocycles. The first-order valence-corrected chi connectivity index (χ1v) is 11.5. The van der Waals surface area contributed by atoms with Crippen molar-refractivity contribution >= 4 is 28.3 Å². The molecule has 0 aliphatic rings. The molecule has 2 aromatic heterocycles. The number of nitrogens with one attached hydrogen (secondary N) is 2. The third-order valence-electron chi connectivity index (χ3n) is 5.16. The normalized spacial score (nSPS) is 11.1. The molecule has 0 radical (unpaired) electrons. The topological polar surface area (TPSA) is 104 Å². The molecule has 4 rings (SSSR count). The Morgan fingerprint density at radius 3 is 2.47 bits per heavy atom. The predicted octanol–water partition coefficient (Wildman–Crippen LogP) is 4.47. The molecular weight excluding hydrogens is 448 g/mol. The van der Waals surface area contributed by atoms with E-state index in [9.17, 15) is 14.7 Å². The molecule has 2 amide bonds. The number of benzene rings is 2. The van der Waals surface area contributed by atoms with Crippen LogP contribution in [0.15, 0.2) is 78.4 Å². The van der Waals surface area contributed by atoms with Crippen molar-refractivity contribution in [2.75, 3.05) is 11.9 Å². The van der Waals surface area contributed by atoms with Gasteiger partial charge in [-0.15, -0.1) is 11.3 Å². The maximum absolute atomic E-state index is 12.4. The molecule has 2 aromatic carbocycles. The maximum atomic E-state index is 12.4. The summed E-state index contributed by atoms with van der Waals surface area (Å²) < 4.78 is 0. The van der Waals surface area contributed by atoms with Crippen molar-refractivity contribution in [1.82, 2.24) is 15.3 Å². The van der Waals surface area contributed by atoms with Gasteiger partial charge < -0.3 is 15.7 Å². The second kappa shape index (κ2) is 9.94. The molecule has 34 heavy (non-hydrogen) atoms. The molecule has 0 saturated carbocycles. The number of thiazole rings is 1. The van der Waals surface area contributed by atoms with E-state index in [-0.39, 0.29) is 12.5 Å². The third-order valence-corrected chi connectivity index (χ3v) is 5.92. The second-order valence-corrected chi connectivity index (χ2v) is 9.08. The molecule has 0 saturated heterocycles. The number of rotatable bonds is 7. The monoisotopic (exact) mass is 472 g/mol. The van der Waals surface area contributed by atoms with Crippen LogP contribution in [0.5, 0.6) is 0 Å². The SMILES string of the molecule is CC(C)(O)c1cccc(C(=O)NCC(=O)Nc2nc(-c3cccc(-c4ccncc4)c3)cs2)c1. The molecule has 0 aliphatic carbocycles. The maximum Gasteiger partial charge on any atom is 0.251 e. The number of nitrogens with zero attached hydrogens (tertiary/aromatic N) is 2. The summed E-state index contributed by atoms with van der Waals surface area (Å²) in [5.41, 5.74) is 3.73. The molecule has 0 unspecified atom stereocenters. The largest absolute Gasteiger partial charge is 0.386 e. The highest BCUT2D eigenvalue weighted by atomic mass is 32.1. The standard InChI is InChI=1S/C26H24N4O3S/c1-26(2,33)21-8-4-7-20(14-21)24(32)28-15-23(31)30-25-29-22(16-34-25)19-6-3-5-18(13-19)17-9-11-27-12-10-17/h3-14,16,33H,15H2,1-2H3,(H,28,32)(H,29,30,31). The molecular formula is C26H24N4O3S. The van der Waals surface area contributed by atoms with E-state index in [0.717, 1.165) is 22.4 Å². The number of aromatic nitrogens is 2. The molecule has 0 spiro atoms. The van der Waals surface area contributed by atoms with Crippen LogP contribution in [0.4, 0.5) is 5.13 Å². The summed E-state index contributed by atoms with van der Waals surface area (Å²) in [6.45, 7) is 3.10. The highest BCUT2D eigenvalue weighted by molar-refractivity contribution is 7.14. The van der Waals surface area contributed by atoms with E-state index >= 15 is 0 Å². The average molecular weight is 473 g/mol. The first-order valence-electron chi connectivity index (χ1n) is 10.7. The van der Waals surface area contributed by atoms with E-state index in [1.54, 1.807) is 50.5 Å². The number of carbonyl (C=O) groups excluding carboxylic acids is 2. The van der Waals surface area contributed by atoms with Gasteiger partial charge in [-0.1, -0.05) is 30.3 Å². The van der Waals surface area contributed by atoms with Crippen molar-refractivity contribution in [3.63, 3.8) is 0 Å². The number of anilines is 1. The Kier molecular flexibility index (Phi) is 6.81. The number of pyridine rings is 1. The molecule has 172 valence electrons. The van der Waals surface area contributed by atoms with Crippen molar-refractivity contribution in [3.8, 4) is 22.4 Å². The smallest absolute Gasteiger partial charge is 0.251 e. The summed E-state index contributed by atoms with van der Waals surface area (Å²) in [7, 11) is 0. The molecule has 0 aliphatic heterocycles. The van der Waals surface area contributed by atoms with Gasteiger partial charge in [-0.25, -0.2) is 4.98 Å². The molecule has 4 aromatic rings. The number of hydrogen-bond donors (Lipinski definition) is 3. The third kappa shape index (κ3) is 5.72. The van der Waals surface area contributed by atoms with Gasteiger partial charge in [0.2, 0.25) is 5.91 Å². The fraction of sp³-hybridized carbons (Fsp3) is 0.154. The lowest BCUT2D eigenvalue weighted by Crippen LogP contribution is -2.33. The molecule has 0 fully saturated rings. The molecule has 0 atom stereocenters. The number of amides is 2. The molecule has 3 N–H and O–H groups in total. The Labute approximate surface area is 201 Å². The highest BCUT2D eigenvalue weighted by Gasteiger charge is 2.18. The predicted molar refractivity (Wildman–Crippen MR) is 133 cm³/mol. The van der Waals surface area contributed by atoms with E-state index in [1.165, 1.54) is 11.3 Å². The second-order valence-electron chi connectivity index (χ2n) is 8.23. The Hall–Kier alpha value is -3.88. The Morgan fingerprint density at radius 1 is 0.971 bits per heavy atom. The summed E-state index contributed by atoms with van der Waals surface area (Å²) in [4.78, 5) is 33.3. The van der Waals surface area contributed by atoms with E-state index in [4.69, 9.17) is 0 Å². The first kappa shape index (κ1) is 23.3. The zero-order valence-corrected chi connectivity index (χ0v) is 19.6. The lowest BCUT2D eigenvalue weighted by Gasteiger charge is -2.18. The minimum absolute atomic E-state index is 0.196. The van der Waals surface area contributed by atoms with Crippen LogP contribution in [0.1, 0.15) is 29.8 Å². The van der Waals surface area contributed by atoms with Crippen LogP contribution in [0.2, 0.25) is 0 Å². The van der Waals surface area contributed by atoms with Gasteiger partial charge in [-0.3, -0.25) is 14.6 Å². The van der Waals surface area contributed by atoms with Crippen LogP contribution >= 0.6 is 11.3 Å². The highest BCUT2D eigenvalue weighted by Crippen LogP contribution is 2.28. The van der Waals surface area contributed by atoms with Gasteiger partial charge >= 0.3 is 0 Å². The van der Waals surface area contributed by atoms with E-state index in [0.29, 0.717) is 16.3 Å². The summed E-state index contributed by atoms with van der Waals surface area (Å²) >= 11 is 1.32. The van der Waals surface area contributed by atoms with Gasteiger partial charge in [0.15, 0.2) is 5.13 Å². The van der Waals surface area contributed by atoms with Crippen molar-refractivity contribution in [2.45, 2.75) is 19.4 Å². The minimum Gasteiger partial charge on any atom is -0.386 e. The van der Waals surface area contributed by atoms with Gasteiger partial charge in [-0.2, -0.15) is 0 Å².